The molecule has 1 fully saturated rings. The van der Waals surface area contributed by atoms with Gasteiger partial charge in [-0.3, -0.25) is 9.69 Å². The van der Waals surface area contributed by atoms with Gasteiger partial charge in [0, 0.05) is 49.4 Å². The van der Waals surface area contributed by atoms with Crippen molar-refractivity contribution in [3.63, 3.8) is 0 Å². The van der Waals surface area contributed by atoms with Crippen molar-refractivity contribution >= 4 is 5.91 Å². The van der Waals surface area contributed by atoms with Gasteiger partial charge in [0.2, 0.25) is 5.91 Å². The normalized spacial score (nSPS) is 16.7. The van der Waals surface area contributed by atoms with Crippen LogP contribution in [0.3, 0.4) is 0 Å². The minimum absolute atomic E-state index is 0.148. The number of ether oxygens (including phenoxy) is 1. The Hall–Kier alpha value is -3.12. The second-order valence-electron chi connectivity index (χ2n) is 8.01. The highest BCUT2D eigenvalue weighted by Gasteiger charge is 2.36. The maximum absolute atomic E-state index is 13.6. The zero-order chi connectivity index (χ0) is 20.7. The molecular weight excluding hydrogens is 378 g/mol. The van der Waals surface area contributed by atoms with E-state index in [0.717, 1.165) is 59.3 Å². The van der Waals surface area contributed by atoms with E-state index >= 15 is 0 Å². The Bertz CT molecular complexity index is 1020. The van der Waals surface area contributed by atoms with Crippen molar-refractivity contribution < 1.29 is 14.1 Å². The molecule has 1 amide bonds. The summed E-state index contributed by atoms with van der Waals surface area (Å²) in [4.78, 5) is 18.0. The van der Waals surface area contributed by atoms with Crippen molar-refractivity contribution in [3.8, 4) is 11.5 Å². The highest BCUT2D eigenvalue weighted by molar-refractivity contribution is 5.89. The highest BCUT2D eigenvalue weighted by atomic mass is 16.5. The number of rotatable bonds is 3. The van der Waals surface area contributed by atoms with E-state index in [1.54, 1.807) is 0 Å². The number of piperazine rings is 1. The molecule has 2 aliphatic heterocycles. The molecule has 0 aliphatic carbocycles. The number of amides is 1. The van der Waals surface area contributed by atoms with Crippen LogP contribution in [0.5, 0.6) is 11.5 Å². The molecule has 30 heavy (non-hydrogen) atoms. The molecule has 1 aromatic heterocycles. The summed E-state index contributed by atoms with van der Waals surface area (Å²) in [5, 5.41) is 4.05. The summed E-state index contributed by atoms with van der Waals surface area (Å²) in [6, 6.07) is 15.7. The largest absolute Gasteiger partial charge is 0.457 e. The average Bonchev–Trinajstić information content (AvgIpc) is 3.09. The van der Waals surface area contributed by atoms with Gasteiger partial charge in [-0.1, -0.05) is 41.6 Å². The van der Waals surface area contributed by atoms with E-state index in [1.807, 2.05) is 67.3 Å². The van der Waals surface area contributed by atoms with Crippen LogP contribution >= 0.6 is 0 Å². The number of benzene rings is 2. The zero-order valence-electron chi connectivity index (χ0n) is 17.3. The van der Waals surface area contributed by atoms with Crippen LogP contribution in [0.2, 0.25) is 0 Å². The Morgan fingerprint density at radius 3 is 2.13 bits per heavy atom. The summed E-state index contributed by atoms with van der Waals surface area (Å²) in [6.07, 6.45) is 0. The van der Waals surface area contributed by atoms with Crippen LogP contribution in [0.1, 0.15) is 34.1 Å². The highest BCUT2D eigenvalue weighted by Crippen LogP contribution is 2.44. The molecule has 6 nitrogen and oxygen atoms in total. The van der Waals surface area contributed by atoms with Gasteiger partial charge in [-0.05, 0) is 26.0 Å². The summed E-state index contributed by atoms with van der Waals surface area (Å²) in [6.45, 7) is 7.84. The predicted molar refractivity (Wildman–Crippen MR) is 113 cm³/mol. The van der Waals surface area contributed by atoms with Crippen LogP contribution in [-0.4, -0.2) is 47.0 Å². The number of hydrogen-bond donors (Lipinski definition) is 0. The molecule has 0 spiro atoms. The molecule has 5 rings (SSSR count). The molecule has 1 saturated heterocycles. The summed E-state index contributed by atoms with van der Waals surface area (Å²) >= 11 is 0. The molecule has 2 aromatic carbocycles. The molecule has 0 radical (unpaired) electrons. The molecule has 0 atom stereocenters. The SMILES string of the molecule is Cc1noc(C)c1CN1CCN(C(=O)C2c3ccccc3Oc3ccccc32)CC1. The van der Waals surface area contributed by atoms with Crippen LogP contribution in [0.4, 0.5) is 0 Å². The van der Waals surface area contributed by atoms with Crippen LogP contribution in [0.25, 0.3) is 0 Å². The molecule has 3 aromatic rings. The third-order valence-corrected chi connectivity index (χ3v) is 6.17. The Balaban J connectivity index is 1.34. The monoisotopic (exact) mass is 403 g/mol. The maximum atomic E-state index is 13.6. The van der Waals surface area contributed by atoms with Gasteiger partial charge in [0.15, 0.2) is 0 Å². The van der Waals surface area contributed by atoms with Gasteiger partial charge in [-0.25, -0.2) is 0 Å². The van der Waals surface area contributed by atoms with Crippen LogP contribution in [0, 0.1) is 13.8 Å². The molecule has 2 aliphatic rings. The summed E-state index contributed by atoms with van der Waals surface area (Å²) in [7, 11) is 0. The van der Waals surface area contributed by atoms with Crippen molar-refractivity contribution in [3.05, 3.63) is 76.7 Å². The van der Waals surface area contributed by atoms with Gasteiger partial charge in [0.25, 0.3) is 0 Å². The minimum atomic E-state index is -0.319. The van der Waals surface area contributed by atoms with E-state index in [4.69, 9.17) is 9.26 Å². The van der Waals surface area contributed by atoms with Crippen molar-refractivity contribution in [2.45, 2.75) is 26.3 Å². The summed E-state index contributed by atoms with van der Waals surface area (Å²) < 4.78 is 11.3. The van der Waals surface area contributed by atoms with E-state index < -0.39 is 0 Å². The van der Waals surface area contributed by atoms with Crippen molar-refractivity contribution in [2.24, 2.45) is 0 Å². The number of carbonyl (C=O) groups is 1. The predicted octanol–water partition coefficient (Wildman–Crippen LogP) is 3.87. The van der Waals surface area contributed by atoms with E-state index in [2.05, 4.69) is 10.1 Å². The van der Waals surface area contributed by atoms with E-state index in [-0.39, 0.29) is 11.8 Å². The van der Waals surface area contributed by atoms with Crippen molar-refractivity contribution in [1.82, 2.24) is 15.0 Å². The van der Waals surface area contributed by atoms with Crippen LogP contribution < -0.4 is 4.74 Å². The topological polar surface area (TPSA) is 58.8 Å². The minimum Gasteiger partial charge on any atom is -0.457 e. The molecule has 0 N–H and O–H groups in total. The third-order valence-electron chi connectivity index (χ3n) is 6.17. The molecule has 0 unspecified atom stereocenters. The Kier molecular flexibility index (Phi) is 4.79. The first-order valence-corrected chi connectivity index (χ1v) is 10.4. The Morgan fingerprint density at radius 2 is 1.57 bits per heavy atom. The second-order valence-corrected chi connectivity index (χ2v) is 8.01. The average molecular weight is 403 g/mol. The van der Waals surface area contributed by atoms with Gasteiger partial charge in [0.1, 0.15) is 17.3 Å². The van der Waals surface area contributed by atoms with Crippen LogP contribution in [0.15, 0.2) is 53.1 Å². The van der Waals surface area contributed by atoms with Crippen molar-refractivity contribution in [2.75, 3.05) is 26.2 Å². The summed E-state index contributed by atoms with van der Waals surface area (Å²) in [5.41, 5.74) is 3.99. The maximum Gasteiger partial charge on any atom is 0.234 e. The lowest BCUT2D eigenvalue weighted by Gasteiger charge is -2.37. The van der Waals surface area contributed by atoms with Gasteiger partial charge in [-0.15, -0.1) is 0 Å². The smallest absolute Gasteiger partial charge is 0.234 e. The van der Waals surface area contributed by atoms with Crippen LogP contribution in [-0.2, 0) is 11.3 Å². The number of carbonyl (C=O) groups excluding carboxylic acids is 1. The molecule has 0 bridgehead atoms. The first-order chi connectivity index (χ1) is 14.6. The zero-order valence-corrected chi connectivity index (χ0v) is 17.3. The number of nitrogens with zero attached hydrogens (tertiary/aromatic N) is 3. The molecule has 3 heterocycles. The lowest BCUT2D eigenvalue weighted by atomic mass is 9.86. The first-order valence-electron chi connectivity index (χ1n) is 10.4. The number of fused-ring (bicyclic) bond motifs is 2. The van der Waals surface area contributed by atoms with Gasteiger partial charge < -0.3 is 14.2 Å². The third kappa shape index (κ3) is 3.27. The van der Waals surface area contributed by atoms with Gasteiger partial charge >= 0.3 is 0 Å². The Morgan fingerprint density at radius 1 is 0.967 bits per heavy atom. The molecular formula is C24H25N3O3. The first kappa shape index (κ1) is 18.9. The van der Waals surface area contributed by atoms with Crippen molar-refractivity contribution in [1.29, 1.82) is 0 Å². The molecule has 154 valence electrons. The number of aryl methyl sites for hydroxylation is 2. The fraction of sp³-hybridized carbons (Fsp3) is 0.333. The van der Waals surface area contributed by atoms with Gasteiger partial charge in [-0.2, -0.15) is 0 Å². The van der Waals surface area contributed by atoms with Gasteiger partial charge in [0.05, 0.1) is 11.6 Å². The Labute approximate surface area is 176 Å². The second kappa shape index (κ2) is 7.61. The molecule has 6 heteroatoms. The lowest BCUT2D eigenvalue weighted by Crippen LogP contribution is -2.50. The van der Waals surface area contributed by atoms with E-state index in [0.29, 0.717) is 13.1 Å². The fourth-order valence-electron chi connectivity index (χ4n) is 4.44. The number of hydrogen-bond acceptors (Lipinski definition) is 5. The molecule has 0 saturated carbocycles. The fourth-order valence-corrected chi connectivity index (χ4v) is 4.44. The standard InChI is InChI=1S/C24H25N3O3/c1-16-20(17(2)30-25-16)15-26-11-13-27(14-12-26)24(28)23-18-7-3-5-9-21(18)29-22-10-6-4-8-19(22)23/h3-10,23H,11-15H2,1-2H3. The van der Waals surface area contributed by atoms with E-state index in [9.17, 15) is 4.79 Å². The number of aromatic nitrogens is 1. The number of para-hydroxylation sites is 2. The lowest BCUT2D eigenvalue weighted by molar-refractivity contribution is -0.133. The summed E-state index contributed by atoms with van der Waals surface area (Å²) in [5.74, 6) is 2.25. The van der Waals surface area contributed by atoms with E-state index in [1.165, 1.54) is 0 Å². The quantitative estimate of drug-likeness (QED) is 0.664.